The Balaban J connectivity index is 2.31. The maximum absolute atomic E-state index is 12.3. The van der Waals surface area contributed by atoms with Gasteiger partial charge in [-0.05, 0) is 44.0 Å². The standard InChI is InChI=1S/C16H20BrNO4/c1-16(2,3)22-15(20)18-8-10-5-6-11(17)7-12(10)13(9-18)14(19)21-4/h5-7,13H,8-9H2,1-4H3. The van der Waals surface area contributed by atoms with Crippen LogP contribution in [0.1, 0.15) is 37.8 Å². The summed E-state index contributed by atoms with van der Waals surface area (Å²) in [5.41, 5.74) is 1.24. The molecule has 1 aliphatic heterocycles. The summed E-state index contributed by atoms with van der Waals surface area (Å²) >= 11 is 3.42. The van der Waals surface area contributed by atoms with Crippen LogP contribution < -0.4 is 0 Å². The van der Waals surface area contributed by atoms with Crippen molar-refractivity contribution in [2.75, 3.05) is 13.7 Å². The highest BCUT2D eigenvalue weighted by Gasteiger charge is 2.35. The average Bonchev–Trinajstić information content (AvgIpc) is 2.43. The van der Waals surface area contributed by atoms with Crippen LogP contribution in [-0.2, 0) is 20.8 Å². The highest BCUT2D eigenvalue weighted by molar-refractivity contribution is 9.10. The van der Waals surface area contributed by atoms with E-state index in [2.05, 4.69) is 15.9 Å². The molecule has 0 aromatic heterocycles. The number of amides is 1. The molecule has 0 aliphatic carbocycles. The van der Waals surface area contributed by atoms with E-state index < -0.39 is 17.6 Å². The van der Waals surface area contributed by atoms with Crippen molar-refractivity contribution in [3.63, 3.8) is 0 Å². The fraction of sp³-hybridized carbons (Fsp3) is 0.500. The predicted molar refractivity (Wildman–Crippen MR) is 85.5 cm³/mol. The van der Waals surface area contributed by atoms with E-state index in [1.54, 1.807) is 4.90 Å². The average molecular weight is 370 g/mol. The highest BCUT2D eigenvalue weighted by atomic mass is 79.9. The Morgan fingerprint density at radius 2 is 2.00 bits per heavy atom. The van der Waals surface area contributed by atoms with Crippen molar-refractivity contribution in [3.8, 4) is 0 Å². The van der Waals surface area contributed by atoms with Crippen LogP contribution >= 0.6 is 15.9 Å². The molecule has 1 heterocycles. The Morgan fingerprint density at radius 3 is 2.59 bits per heavy atom. The first-order chi connectivity index (χ1) is 10.2. The van der Waals surface area contributed by atoms with Gasteiger partial charge >= 0.3 is 12.1 Å². The molecule has 120 valence electrons. The van der Waals surface area contributed by atoms with Crippen LogP contribution in [0.3, 0.4) is 0 Å². The van der Waals surface area contributed by atoms with Gasteiger partial charge in [-0.1, -0.05) is 22.0 Å². The second-order valence-electron chi connectivity index (χ2n) is 6.28. The molecule has 5 nitrogen and oxygen atoms in total. The topological polar surface area (TPSA) is 55.8 Å². The van der Waals surface area contributed by atoms with Gasteiger partial charge in [0, 0.05) is 17.6 Å². The molecule has 22 heavy (non-hydrogen) atoms. The molecule has 1 aliphatic rings. The van der Waals surface area contributed by atoms with Crippen molar-refractivity contribution in [3.05, 3.63) is 33.8 Å². The van der Waals surface area contributed by atoms with E-state index in [0.717, 1.165) is 15.6 Å². The first-order valence-corrected chi connectivity index (χ1v) is 7.84. The van der Waals surface area contributed by atoms with Crippen molar-refractivity contribution in [2.24, 2.45) is 0 Å². The minimum Gasteiger partial charge on any atom is -0.468 e. The van der Waals surface area contributed by atoms with Gasteiger partial charge < -0.3 is 14.4 Å². The molecule has 1 aromatic carbocycles. The summed E-state index contributed by atoms with van der Waals surface area (Å²) in [7, 11) is 1.35. The van der Waals surface area contributed by atoms with E-state index in [4.69, 9.17) is 9.47 Å². The minimum absolute atomic E-state index is 0.255. The number of benzene rings is 1. The Bertz CT molecular complexity index is 594. The first-order valence-electron chi connectivity index (χ1n) is 7.05. The number of esters is 1. The third kappa shape index (κ3) is 3.80. The summed E-state index contributed by atoms with van der Waals surface area (Å²) < 4.78 is 11.2. The number of methoxy groups -OCH3 is 1. The van der Waals surface area contributed by atoms with Gasteiger partial charge in [-0.2, -0.15) is 0 Å². The number of hydrogen-bond acceptors (Lipinski definition) is 4. The molecule has 0 spiro atoms. The lowest BCUT2D eigenvalue weighted by Gasteiger charge is -2.34. The molecule has 0 saturated carbocycles. The first kappa shape index (κ1) is 16.8. The fourth-order valence-electron chi connectivity index (χ4n) is 2.43. The van der Waals surface area contributed by atoms with E-state index in [1.165, 1.54) is 7.11 Å². The predicted octanol–water partition coefficient (Wildman–Crippen LogP) is 3.46. The lowest BCUT2D eigenvalue weighted by atomic mass is 9.90. The highest BCUT2D eigenvalue weighted by Crippen LogP contribution is 2.32. The van der Waals surface area contributed by atoms with E-state index in [-0.39, 0.29) is 12.5 Å². The van der Waals surface area contributed by atoms with Gasteiger partial charge in [-0.25, -0.2) is 4.79 Å². The van der Waals surface area contributed by atoms with E-state index >= 15 is 0 Å². The molecule has 1 atom stereocenters. The second-order valence-corrected chi connectivity index (χ2v) is 7.20. The van der Waals surface area contributed by atoms with Crippen LogP contribution in [0.5, 0.6) is 0 Å². The van der Waals surface area contributed by atoms with Crippen molar-refractivity contribution >= 4 is 28.0 Å². The molecule has 1 aromatic rings. The van der Waals surface area contributed by atoms with Crippen LogP contribution in [0.25, 0.3) is 0 Å². The summed E-state index contributed by atoms with van der Waals surface area (Å²) in [5.74, 6) is -0.855. The van der Waals surface area contributed by atoms with Crippen molar-refractivity contribution in [2.45, 2.75) is 38.8 Å². The lowest BCUT2D eigenvalue weighted by molar-refractivity contribution is -0.143. The second kappa shape index (κ2) is 6.28. The molecule has 0 N–H and O–H groups in total. The number of carbonyl (C=O) groups is 2. The zero-order chi connectivity index (χ0) is 16.5. The zero-order valence-corrected chi connectivity index (χ0v) is 14.8. The number of nitrogens with zero attached hydrogens (tertiary/aromatic N) is 1. The molecule has 2 rings (SSSR count). The Morgan fingerprint density at radius 1 is 1.32 bits per heavy atom. The van der Waals surface area contributed by atoms with Gasteiger partial charge in [0.05, 0.1) is 13.0 Å². The molecule has 0 bridgehead atoms. The van der Waals surface area contributed by atoms with Gasteiger partial charge in [-0.15, -0.1) is 0 Å². The summed E-state index contributed by atoms with van der Waals surface area (Å²) in [5, 5.41) is 0. The van der Waals surface area contributed by atoms with Crippen molar-refractivity contribution in [1.82, 2.24) is 4.90 Å². The number of fused-ring (bicyclic) bond motifs is 1. The Hall–Kier alpha value is -1.56. The smallest absolute Gasteiger partial charge is 0.410 e. The van der Waals surface area contributed by atoms with E-state index in [9.17, 15) is 9.59 Å². The van der Waals surface area contributed by atoms with Gasteiger partial charge in [0.15, 0.2) is 0 Å². The molecule has 6 heteroatoms. The van der Waals surface area contributed by atoms with Gasteiger partial charge in [-0.3, -0.25) is 4.79 Å². The number of carbonyl (C=O) groups excluding carboxylic acids is 2. The normalized spacial score (nSPS) is 17.7. The Kier molecular flexibility index (Phi) is 4.80. The maximum Gasteiger partial charge on any atom is 0.410 e. The minimum atomic E-state index is -0.572. The third-order valence-corrected chi connectivity index (χ3v) is 3.88. The van der Waals surface area contributed by atoms with Crippen molar-refractivity contribution < 1.29 is 19.1 Å². The number of rotatable bonds is 1. The molecule has 0 saturated heterocycles. The largest absolute Gasteiger partial charge is 0.468 e. The summed E-state index contributed by atoms with van der Waals surface area (Å²) in [4.78, 5) is 25.9. The maximum atomic E-state index is 12.3. The molecule has 1 unspecified atom stereocenters. The molecule has 0 fully saturated rings. The molecular formula is C16H20BrNO4. The number of ether oxygens (including phenoxy) is 2. The SMILES string of the molecule is COC(=O)C1CN(C(=O)OC(C)(C)C)Cc2ccc(Br)cc21. The Labute approximate surface area is 138 Å². The van der Waals surface area contributed by atoms with Gasteiger partial charge in [0.25, 0.3) is 0 Å². The molecular weight excluding hydrogens is 350 g/mol. The summed E-state index contributed by atoms with van der Waals surface area (Å²) in [6.07, 6.45) is -0.421. The monoisotopic (exact) mass is 369 g/mol. The van der Waals surface area contributed by atoms with Crippen LogP contribution in [0.4, 0.5) is 4.79 Å². The van der Waals surface area contributed by atoms with Crippen LogP contribution in [-0.4, -0.2) is 36.2 Å². The summed E-state index contributed by atoms with van der Waals surface area (Å²) in [6, 6.07) is 5.71. The van der Waals surface area contributed by atoms with Gasteiger partial charge in [0.2, 0.25) is 0 Å². The van der Waals surface area contributed by atoms with Crippen LogP contribution in [0.2, 0.25) is 0 Å². The number of halogens is 1. The van der Waals surface area contributed by atoms with E-state index in [1.807, 2.05) is 39.0 Å². The van der Waals surface area contributed by atoms with Gasteiger partial charge in [0.1, 0.15) is 5.60 Å². The van der Waals surface area contributed by atoms with Crippen LogP contribution in [0.15, 0.2) is 22.7 Å². The summed E-state index contributed by atoms with van der Waals surface area (Å²) in [6.45, 7) is 6.13. The number of hydrogen-bond donors (Lipinski definition) is 0. The third-order valence-electron chi connectivity index (χ3n) is 3.38. The van der Waals surface area contributed by atoms with Crippen molar-refractivity contribution in [1.29, 1.82) is 0 Å². The lowest BCUT2D eigenvalue weighted by Crippen LogP contribution is -2.43. The fourth-order valence-corrected chi connectivity index (χ4v) is 2.81. The molecule has 1 amide bonds. The molecule has 0 radical (unpaired) electrons. The van der Waals surface area contributed by atoms with E-state index in [0.29, 0.717) is 6.54 Å². The zero-order valence-electron chi connectivity index (χ0n) is 13.2. The quantitative estimate of drug-likeness (QED) is 0.711. The van der Waals surface area contributed by atoms with Crippen LogP contribution in [0, 0.1) is 0 Å².